The van der Waals surface area contributed by atoms with Gasteiger partial charge in [-0.05, 0) is 18.8 Å². The van der Waals surface area contributed by atoms with Gasteiger partial charge in [-0.1, -0.05) is 28.8 Å². The summed E-state index contributed by atoms with van der Waals surface area (Å²) in [5.41, 5.74) is 0. The fourth-order valence-electron chi connectivity index (χ4n) is 2.06. The first-order valence-electron chi connectivity index (χ1n) is 6.36. The molecule has 0 aliphatic heterocycles. The van der Waals surface area contributed by atoms with Crippen LogP contribution in [0, 0.1) is 5.92 Å². The molecular formula is C12H20BrF2NO2. The average Bonchev–Trinajstić information content (AvgIpc) is 2.33. The van der Waals surface area contributed by atoms with E-state index in [1.807, 2.05) is 0 Å². The zero-order valence-electron chi connectivity index (χ0n) is 10.3. The molecular weight excluding hydrogens is 308 g/mol. The van der Waals surface area contributed by atoms with Crippen molar-refractivity contribution in [3.63, 3.8) is 0 Å². The van der Waals surface area contributed by atoms with Gasteiger partial charge in [0.2, 0.25) is 5.91 Å². The summed E-state index contributed by atoms with van der Waals surface area (Å²) in [6, 6.07) is 0. The lowest BCUT2D eigenvalue weighted by molar-refractivity contribution is -0.122. The van der Waals surface area contributed by atoms with E-state index in [0.717, 1.165) is 12.8 Å². The number of nitrogens with one attached hydrogen (secondary N) is 1. The molecule has 0 aromatic heterocycles. The summed E-state index contributed by atoms with van der Waals surface area (Å²) in [5.74, 6) is 0.347. The maximum atomic E-state index is 11.8. The number of carbonyl (C=O) groups excluding carboxylic acids is 1. The summed E-state index contributed by atoms with van der Waals surface area (Å²) in [6.45, 7) is 0.113. The molecule has 2 unspecified atom stereocenters. The van der Waals surface area contributed by atoms with E-state index in [1.54, 1.807) is 0 Å². The Hall–Kier alpha value is -0.230. The Morgan fingerprint density at radius 1 is 1.39 bits per heavy atom. The Morgan fingerprint density at radius 3 is 2.78 bits per heavy atom. The van der Waals surface area contributed by atoms with Crippen LogP contribution in [0.5, 0.6) is 0 Å². The third-order valence-corrected chi connectivity index (χ3v) is 4.30. The van der Waals surface area contributed by atoms with Gasteiger partial charge in [-0.15, -0.1) is 0 Å². The average molecular weight is 328 g/mol. The van der Waals surface area contributed by atoms with E-state index in [9.17, 15) is 13.6 Å². The highest BCUT2D eigenvalue weighted by molar-refractivity contribution is 9.09. The zero-order chi connectivity index (χ0) is 13.4. The molecule has 1 aliphatic rings. The molecule has 3 nitrogen and oxygen atoms in total. The molecule has 2 atom stereocenters. The quantitative estimate of drug-likeness (QED) is 0.576. The van der Waals surface area contributed by atoms with Crippen LogP contribution in [0.3, 0.4) is 0 Å². The molecule has 0 radical (unpaired) electrons. The van der Waals surface area contributed by atoms with E-state index in [4.69, 9.17) is 0 Å². The third-order valence-electron chi connectivity index (χ3n) is 3.10. The molecule has 1 amide bonds. The Bertz CT molecular complexity index is 254. The molecule has 0 spiro atoms. The van der Waals surface area contributed by atoms with Gasteiger partial charge in [-0.3, -0.25) is 4.79 Å². The lowest BCUT2D eigenvalue weighted by atomic mass is 9.89. The first-order valence-corrected chi connectivity index (χ1v) is 7.28. The number of carbonyl (C=O) groups is 1. The van der Waals surface area contributed by atoms with Crippen LogP contribution in [0.25, 0.3) is 0 Å². The molecule has 1 rings (SSSR count). The number of halogens is 3. The Balaban J connectivity index is 2.05. The summed E-state index contributed by atoms with van der Waals surface area (Å²) >= 11 is 3.63. The predicted octanol–water partition coefficient (Wildman–Crippen LogP) is 2.73. The number of hydrogen-bond acceptors (Lipinski definition) is 2. The van der Waals surface area contributed by atoms with Crippen molar-refractivity contribution >= 4 is 21.8 Å². The van der Waals surface area contributed by atoms with Crippen molar-refractivity contribution in [1.82, 2.24) is 5.32 Å². The van der Waals surface area contributed by atoms with Gasteiger partial charge in [0, 0.05) is 17.8 Å². The smallest absolute Gasteiger partial charge is 0.261 e. The van der Waals surface area contributed by atoms with Gasteiger partial charge in [0.15, 0.2) is 0 Å². The summed E-state index contributed by atoms with van der Waals surface area (Å²) in [7, 11) is 0. The third kappa shape index (κ3) is 6.64. The molecule has 1 N–H and O–H groups in total. The van der Waals surface area contributed by atoms with Crippen LogP contribution in [0.2, 0.25) is 0 Å². The van der Waals surface area contributed by atoms with E-state index in [0.29, 0.717) is 17.3 Å². The molecule has 0 aromatic carbocycles. The van der Waals surface area contributed by atoms with Crippen LogP contribution >= 0.6 is 15.9 Å². The van der Waals surface area contributed by atoms with Gasteiger partial charge < -0.3 is 10.1 Å². The van der Waals surface area contributed by atoms with Gasteiger partial charge in [0.05, 0.1) is 6.61 Å². The fraction of sp³-hybridized carbons (Fsp3) is 0.917. The zero-order valence-corrected chi connectivity index (χ0v) is 11.9. The van der Waals surface area contributed by atoms with E-state index >= 15 is 0 Å². The van der Waals surface area contributed by atoms with Crippen LogP contribution < -0.4 is 5.32 Å². The first kappa shape index (κ1) is 15.8. The summed E-state index contributed by atoms with van der Waals surface area (Å²) in [6.07, 6.45) is 2.40. The standard InChI is InChI=1S/C12H20BrF2NO2/c13-10-4-2-1-3-9(10)7-16-12(17)5-6-18-8-11(14)15/h9-11H,1-8H2,(H,16,17). The second-order valence-electron chi connectivity index (χ2n) is 4.58. The topological polar surface area (TPSA) is 38.3 Å². The lowest BCUT2D eigenvalue weighted by Crippen LogP contribution is -2.34. The SMILES string of the molecule is O=C(CCOCC(F)F)NCC1CCCCC1Br. The predicted molar refractivity (Wildman–Crippen MR) is 69.1 cm³/mol. The fourth-order valence-corrected chi connectivity index (χ4v) is 2.84. The van der Waals surface area contributed by atoms with E-state index in [-0.39, 0.29) is 18.9 Å². The number of ether oxygens (including phenoxy) is 1. The Labute approximate surface area is 115 Å². The molecule has 1 fully saturated rings. The minimum atomic E-state index is -2.47. The lowest BCUT2D eigenvalue weighted by Gasteiger charge is -2.27. The molecule has 0 bridgehead atoms. The molecule has 0 heterocycles. The van der Waals surface area contributed by atoms with E-state index in [1.165, 1.54) is 12.8 Å². The van der Waals surface area contributed by atoms with Gasteiger partial charge in [-0.25, -0.2) is 8.78 Å². The van der Waals surface area contributed by atoms with Gasteiger partial charge in [-0.2, -0.15) is 0 Å². The molecule has 0 saturated heterocycles. The number of amides is 1. The normalized spacial score (nSPS) is 24.2. The van der Waals surface area contributed by atoms with Gasteiger partial charge in [0.1, 0.15) is 6.61 Å². The van der Waals surface area contributed by atoms with Gasteiger partial charge >= 0.3 is 0 Å². The molecule has 18 heavy (non-hydrogen) atoms. The molecule has 0 aromatic rings. The summed E-state index contributed by atoms with van der Waals surface area (Å²) in [4.78, 5) is 11.9. The van der Waals surface area contributed by atoms with Crippen LogP contribution in [0.15, 0.2) is 0 Å². The monoisotopic (exact) mass is 327 g/mol. The number of hydrogen-bond donors (Lipinski definition) is 1. The summed E-state index contributed by atoms with van der Waals surface area (Å²) < 4.78 is 28.2. The van der Waals surface area contributed by atoms with Crippen molar-refractivity contribution < 1.29 is 18.3 Å². The Morgan fingerprint density at radius 2 is 2.11 bits per heavy atom. The second-order valence-corrected chi connectivity index (χ2v) is 5.76. The highest BCUT2D eigenvalue weighted by Gasteiger charge is 2.22. The largest absolute Gasteiger partial charge is 0.375 e. The molecule has 1 aliphatic carbocycles. The maximum absolute atomic E-state index is 11.8. The van der Waals surface area contributed by atoms with Gasteiger partial charge in [0.25, 0.3) is 6.43 Å². The van der Waals surface area contributed by atoms with Crippen molar-refractivity contribution in [3.8, 4) is 0 Å². The van der Waals surface area contributed by atoms with Crippen molar-refractivity contribution in [1.29, 1.82) is 0 Å². The molecule has 6 heteroatoms. The minimum Gasteiger partial charge on any atom is -0.375 e. The number of rotatable bonds is 7. The van der Waals surface area contributed by atoms with Crippen LogP contribution in [0.4, 0.5) is 8.78 Å². The van der Waals surface area contributed by atoms with Crippen LogP contribution in [-0.4, -0.2) is 36.9 Å². The van der Waals surface area contributed by atoms with Crippen molar-refractivity contribution in [2.75, 3.05) is 19.8 Å². The Kier molecular flexibility index (Phi) is 7.74. The minimum absolute atomic E-state index is 0.0541. The van der Waals surface area contributed by atoms with E-state index in [2.05, 4.69) is 26.0 Å². The maximum Gasteiger partial charge on any atom is 0.261 e. The highest BCUT2D eigenvalue weighted by Crippen LogP contribution is 2.29. The van der Waals surface area contributed by atoms with Crippen molar-refractivity contribution in [2.24, 2.45) is 5.92 Å². The number of alkyl halides is 3. The van der Waals surface area contributed by atoms with Crippen molar-refractivity contribution in [3.05, 3.63) is 0 Å². The van der Waals surface area contributed by atoms with Crippen LogP contribution in [0.1, 0.15) is 32.1 Å². The van der Waals surface area contributed by atoms with E-state index < -0.39 is 13.0 Å². The highest BCUT2D eigenvalue weighted by atomic mass is 79.9. The van der Waals surface area contributed by atoms with Crippen LogP contribution in [-0.2, 0) is 9.53 Å². The summed E-state index contributed by atoms with van der Waals surface area (Å²) in [5, 5.41) is 2.83. The second kappa shape index (κ2) is 8.80. The molecule has 1 saturated carbocycles. The first-order chi connectivity index (χ1) is 8.59. The van der Waals surface area contributed by atoms with Crippen molar-refractivity contribution in [2.45, 2.75) is 43.4 Å². The molecule has 106 valence electrons.